The number of nitrogens with one attached hydrogen (secondary N) is 2. The smallest absolute Gasteiger partial charge is 0.240 e. The number of benzene rings is 2. The van der Waals surface area contributed by atoms with E-state index in [1.54, 1.807) is 18.2 Å². The van der Waals surface area contributed by atoms with E-state index in [-0.39, 0.29) is 5.41 Å². The van der Waals surface area contributed by atoms with E-state index < -0.39 is 10.0 Å². The number of fused-ring (bicyclic) bond motifs is 1. The number of rotatable bonds is 5. The van der Waals surface area contributed by atoms with E-state index in [9.17, 15) is 8.42 Å². The molecule has 0 bridgehead atoms. The molecule has 25 heavy (non-hydrogen) atoms. The van der Waals surface area contributed by atoms with Crippen LogP contribution in [0.2, 0.25) is 5.02 Å². The Morgan fingerprint density at radius 3 is 2.72 bits per heavy atom. The lowest BCUT2D eigenvalue weighted by atomic mass is 9.96. The fourth-order valence-electron chi connectivity index (χ4n) is 3.33. The zero-order valence-corrected chi connectivity index (χ0v) is 15.4. The molecule has 1 fully saturated rings. The molecule has 3 aromatic rings. The van der Waals surface area contributed by atoms with Crippen LogP contribution in [0.25, 0.3) is 10.9 Å². The maximum atomic E-state index is 12.6. The summed E-state index contributed by atoms with van der Waals surface area (Å²) in [5.74, 6) is 0. The van der Waals surface area contributed by atoms with Crippen molar-refractivity contribution in [2.75, 3.05) is 6.54 Å². The third-order valence-corrected chi connectivity index (χ3v) is 6.60. The first-order valence-electron chi connectivity index (χ1n) is 8.23. The summed E-state index contributed by atoms with van der Waals surface area (Å²) in [6.45, 7) is 2.29. The van der Waals surface area contributed by atoms with Crippen molar-refractivity contribution in [1.82, 2.24) is 9.71 Å². The minimum absolute atomic E-state index is 0.136. The SMILES string of the molecule is Cc1cccc(S(=O)(=O)NCC2(c3c[nH]c4cc(Cl)ccc34)CC2)c1. The molecule has 1 heterocycles. The first-order valence-corrected chi connectivity index (χ1v) is 10.1. The lowest BCUT2D eigenvalue weighted by Crippen LogP contribution is -2.32. The Bertz CT molecular complexity index is 1050. The van der Waals surface area contributed by atoms with Gasteiger partial charge in [-0.25, -0.2) is 13.1 Å². The average molecular weight is 375 g/mol. The molecule has 1 saturated carbocycles. The van der Waals surface area contributed by atoms with Crippen molar-refractivity contribution in [3.63, 3.8) is 0 Å². The molecule has 4 rings (SSSR count). The molecule has 1 aliphatic rings. The minimum atomic E-state index is -3.51. The van der Waals surface area contributed by atoms with Gasteiger partial charge in [0.05, 0.1) is 4.90 Å². The second-order valence-electron chi connectivity index (χ2n) is 6.81. The number of H-pyrrole nitrogens is 1. The van der Waals surface area contributed by atoms with Gasteiger partial charge >= 0.3 is 0 Å². The Balaban J connectivity index is 1.60. The summed E-state index contributed by atoms with van der Waals surface area (Å²) in [4.78, 5) is 3.56. The van der Waals surface area contributed by atoms with Gasteiger partial charge in [-0.05, 0) is 55.2 Å². The van der Waals surface area contributed by atoms with Crippen molar-refractivity contribution < 1.29 is 8.42 Å². The Hall–Kier alpha value is -1.82. The molecule has 0 atom stereocenters. The Labute approximate surface area is 152 Å². The van der Waals surface area contributed by atoms with Crippen molar-refractivity contribution in [3.8, 4) is 0 Å². The van der Waals surface area contributed by atoms with Gasteiger partial charge in [-0.15, -0.1) is 0 Å². The topological polar surface area (TPSA) is 62.0 Å². The summed E-state index contributed by atoms with van der Waals surface area (Å²) in [6.07, 6.45) is 3.92. The number of halogens is 1. The van der Waals surface area contributed by atoms with Gasteiger partial charge in [-0.2, -0.15) is 0 Å². The number of hydrogen-bond acceptors (Lipinski definition) is 2. The number of aryl methyl sites for hydroxylation is 1. The van der Waals surface area contributed by atoms with Crippen LogP contribution in [0.4, 0.5) is 0 Å². The largest absolute Gasteiger partial charge is 0.361 e. The zero-order chi connectivity index (χ0) is 17.7. The maximum Gasteiger partial charge on any atom is 0.240 e. The van der Waals surface area contributed by atoms with Gasteiger partial charge in [-0.3, -0.25) is 0 Å². The first-order chi connectivity index (χ1) is 11.9. The third-order valence-electron chi connectivity index (χ3n) is 4.97. The van der Waals surface area contributed by atoms with Crippen LogP contribution < -0.4 is 4.72 Å². The van der Waals surface area contributed by atoms with Crippen molar-refractivity contribution in [2.45, 2.75) is 30.1 Å². The normalized spacial score (nSPS) is 16.2. The van der Waals surface area contributed by atoms with E-state index in [1.165, 1.54) is 0 Å². The van der Waals surface area contributed by atoms with Gasteiger partial charge in [0.15, 0.2) is 0 Å². The fourth-order valence-corrected chi connectivity index (χ4v) is 4.73. The predicted molar refractivity (Wildman–Crippen MR) is 101 cm³/mol. The summed E-state index contributed by atoms with van der Waals surface area (Å²) < 4.78 is 28.0. The number of aromatic amines is 1. The number of aromatic nitrogens is 1. The zero-order valence-electron chi connectivity index (χ0n) is 13.8. The van der Waals surface area contributed by atoms with Crippen LogP contribution >= 0.6 is 11.6 Å². The highest BCUT2D eigenvalue weighted by atomic mass is 35.5. The summed E-state index contributed by atoms with van der Waals surface area (Å²) in [5, 5.41) is 1.79. The third kappa shape index (κ3) is 3.08. The van der Waals surface area contributed by atoms with Crippen LogP contribution in [-0.2, 0) is 15.4 Å². The van der Waals surface area contributed by atoms with Crippen molar-refractivity contribution in [1.29, 1.82) is 0 Å². The van der Waals surface area contributed by atoms with Gasteiger partial charge in [0, 0.05) is 34.1 Å². The Morgan fingerprint density at radius 1 is 1.20 bits per heavy atom. The molecule has 130 valence electrons. The van der Waals surface area contributed by atoms with Gasteiger partial charge in [0.2, 0.25) is 10.0 Å². The highest BCUT2D eigenvalue weighted by Gasteiger charge is 2.46. The average Bonchev–Trinajstić information content (AvgIpc) is 3.25. The number of sulfonamides is 1. The highest BCUT2D eigenvalue weighted by Crippen LogP contribution is 2.50. The lowest BCUT2D eigenvalue weighted by Gasteiger charge is -2.16. The van der Waals surface area contributed by atoms with E-state index in [2.05, 4.69) is 9.71 Å². The Morgan fingerprint density at radius 2 is 2.00 bits per heavy atom. The highest BCUT2D eigenvalue weighted by molar-refractivity contribution is 7.89. The molecule has 2 aromatic carbocycles. The second-order valence-corrected chi connectivity index (χ2v) is 9.02. The fraction of sp³-hybridized carbons (Fsp3) is 0.263. The molecule has 4 nitrogen and oxygen atoms in total. The predicted octanol–water partition coefficient (Wildman–Crippen LogP) is 4.14. The first kappa shape index (κ1) is 16.6. The quantitative estimate of drug-likeness (QED) is 0.705. The molecule has 0 aliphatic heterocycles. The van der Waals surface area contributed by atoms with Gasteiger partial charge < -0.3 is 4.98 Å². The van der Waals surface area contributed by atoms with Gasteiger partial charge in [0.1, 0.15) is 0 Å². The van der Waals surface area contributed by atoms with E-state index in [4.69, 9.17) is 11.6 Å². The van der Waals surface area contributed by atoms with E-state index in [0.717, 1.165) is 34.9 Å². The van der Waals surface area contributed by atoms with E-state index in [1.807, 2.05) is 37.4 Å². The van der Waals surface area contributed by atoms with Crippen LogP contribution in [0.3, 0.4) is 0 Å². The monoisotopic (exact) mass is 374 g/mol. The van der Waals surface area contributed by atoms with Crippen LogP contribution in [0.1, 0.15) is 24.0 Å². The molecule has 6 heteroatoms. The summed E-state index contributed by atoms with van der Waals surface area (Å²) in [7, 11) is -3.51. The molecule has 2 N–H and O–H groups in total. The van der Waals surface area contributed by atoms with Crippen molar-refractivity contribution in [2.24, 2.45) is 0 Å². The molecular weight excluding hydrogens is 356 g/mol. The molecule has 1 aromatic heterocycles. The van der Waals surface area contributed by atoms with Crippen molar-refractivity contribution in [3.05, 3.63) is 64.8 Å². The maximum absolute atomic E-state index is 12.6. The molecule has 0 radical (unpaired) electrons. The van der Waals surface area contributed by atoms with Crippen molar-refractivity contribution >= 4 is 32.5 Å². The van der Waals surface area contributed by atoms with Crippen LogP contribution in [0.15, 0.2) is 53.6 Å². The summed E-state index contributed by atoms with van der Waals surface area (Å²) in [6, 6.07) is 12.7. The molecule has 1 aliphatic carbocycles. The van der Waals surface area contributed by atoms with E-state index in [0.29, 0.717) is 16.5 Å². The molecule has 0 amide bonds. The standard InChI is InChI=1S/C19H19ClN2O2S/c1-13-3-2-4-15(9-13)25(23,24)22-12-19(7-8-19)17-11-21-18-10-14(20)5-6-16(17)18/h2-6,9-11,21-22H,7-8,12H2,1H3. The van der Waals surface area contributed by atoms with Crippen LogP contribution in [-0.4, -0.2) is 19.9 Å². The molecular formula is C19H19ClN2O2S. The van der Waals surface area contributed by atoms with Crippen LogP contribution in [0.5, 0.6) is 0 Å². The molecule has 0 saturated heterocycles. The van der Waals surface area contributed by atoms with Crippen LogP contribution in [0, 0.1) is 6.92 Å². The molecule has 0 spiro atoms. The lowest BCUT2D eigenvalue weighted by molar-refractivity contribution is 0.567. The second kappa shape index (κ2) is 5.87. The summed E-state index contributed by atoms with van der Waals surface area (Å²) in [5.41, 5.74) is 2.93. The number of hydrogen-bond donors (Lipinski definition) is 2. The Kier molecular flexibility index (Phi) is 3.90. The van der Waals surface area contributed by atoms with E-state index >= 15 is 0 Å². The summed E-state index contributed by atoms with van der Waals surface area (Å²) >= 11 is 6.05. The van der Waals surface area contributed by atoms with Gasteiger partial charge in [-0.1, -0.05) is 29.8 Å². The van der Waals surface area contributed by atoms with Gasteiger partial charge in [0.25, 0.3) is 0 Å². The minimum Gasteiger partial charge on any atom is -0.361 e. The molecule has 0 unspecified atom stereocenters.